The van der Waals surface area contributed by atoms with Crippen LogP contribution in [0, 0.1) is 5.92 Å². The minimum atomic E-state index is -0.703. The van der Waals surface area contributed by atoms with Gasteiger partial charge in [-0.2, -0.15) is 0 Å². The van der Waals surface area contributed by atoms with Gasteiger partial charge in [0.25, 0.3) is 0 Å². The summed E-state index contributed by atoms with van der Waals surface area (Å²) in [4.78, 5) is 12.0. The van der Waals surface area contributed by atoms with Crippen LogP contribution in [0.15, 0.2) is 24.3 Å². The molecule has 0 amide bonds. The van der Waals surface area contributed by atoms with E-state index in [0.29, 0.717) is 12.3 Å². The maximum Gasteiger partial charge on any atom is 0.156 e. The fourth-order valence-corrected chi connectivity index (χ4v) is 1.95. The molecule has 1 unspecified atom stereocenters. The van der Waals surface area contributed by atoms with Gasteiger partial charge in [0.05, 0.1) is 5.54 Å². The average Bonchev–Trinajstić information content (AvgIpc) is 3.00. The molecule has 86 valence electrons. The van der Waals surface area contributed by atoms with Crippen LogP contribution in [0.2, 0.25) is 0 Å². The Labute approximate surface area is 95.3 Å². The molecule has 1 saturated carbocycles. The average molecular weight is 219 g/mol. The zero-order valence-electron chi connectivity index (χ0n) is 9.44. The summed E-state index contributed by atoms with van der Waals surface area (Å²) >= 11 is 0. The third-order valence-electron chi connectivity index (χ3n) is 3.30. The van der Waals surface area contributed by atoms with E-state index in [9.17, 15) is 9.90 Å². The number of nitrogens with two attached hydrogens (primary N) is 1. The smallest absolute Gasteiger partial charge is 0.156 e. The van der Waals surface area contributed by atoms with Crippen LogP contribution < -0.4 is 5.73 Å². The number of hydrogen-bond acceptors (Lipinski definition) is 3. The molecule has 1 aromatic rings. The van der Waals surface area contributed by atoms with E-state index in [0.717, 1.165) is 18.4 Å². The Morgan fingerprint density at radius 3 is 2.81 bits per heavy atom. The van der Waals surface area contributed by atoms with Crippen molar-refractivity contribution in [3.05, 3.63) is 29.8 Å². The summed E-state index contributed by atoms with van der Waals surface area (Å²) in [5.41, 5.74) is 6.16. The van der Waals surface area contributed by atoms with Crippen molar-refractivity contribution in [2.45, 2.75) is 31.7 Å². The molecule has 0 saturated heterocycles. The summed E-state index contributed by atoms with van der Waals surface area (Å²) in [7, 11) is 0. The maximum absolute atomic E-state index is 12.0. The molecule has 0 heterocycles. The predicted octanol–water partition coefficient (Wildman–Crippen LogP) is 1.63. The second-order valence-electron chi connectivity index (χ2n) is 4.83. The molecule has 0 aliphatic heterocycles. The van der Waals surface area contributed by atoms with Crippen LogP contribution >= 0.6 is 0 Å². The largest absolute Gasteiger partial charge is 0.508 e. The monoisotopic (exact) mass is 219 g/mol. The molecule has 1 atom stereocenters. The van der Waals surface area contributed by atoms with Crippen molar-refractivity contribution < 1.29 is 9.90 Å². The van der Waals surface area contributed by atoms with Crippen LogP contribution in [0.1, 0.15) is 25.3 Å². The Morgan fingerprint density at radius 1 is 1.56 bits per heavy atom. The van der Waals surface area contributed by atoms with Gasteiger partial charge in [-0.15, -0.1) is 0 Å². The number of aromatic hydroxyl groups is 1. The molecule has 0 aromatic heterocycles. The minimum Gasteiger partial charge on any atom is -0.508 e. The summed E-state index contributed by atoms with van der Waals surface area (Å²) < 4.78 is 0. The van der Waals surface area contributed by atoms with E-state index < -0.39 is 5.54 Å². The number of Topliss-reactive ketones (excluding diaryl/α,β-unsaturated/α-hetero) is 1. The van der Waals surface area contributed by atoms with Gasteiger partial charge in [0.2, 0.25) is 0 Å². The Hall–Kier alpha value is -1.35. The first-order chi connectivity index (χ1) is 7.50. The van der Waals surface area contributed by atoms with Crippen molar-refractivity contribution in [2.24, 2.45) is 11.7 Å². The van der Waals surface area contributed by atoms with Gasteiger partial charge < -0.3 is 10.8 Å². The van der Waals surface area contributed by atoms with E-state index >= 15 is 0 Å². The van der Waals surface area contributed by atoms with Crippen LogP contribution in [0.3, 0.4) is 0 Å². The Kier molecular flexibility index (Phi) is 2.72. The molecule has 0 spiro atoms. The standard InChI is InChI=1S/C13H17NO2/c1-13(14,10-5-6-10)12(16)8-9-3-2-4-11(15)7-9/h2-4,7,10,15H,5-6,8,14H2,1H3. The lowest BCUT2D eigenvalue weighted by molar-refractivity contribution is -0.123. The third-order valence-corrected chi connectivity index (χ3v) is 3.30. The number of ketones is 1. The minimum absolute atomic E-state index is 0.0561. The Bertz CT molecular complexity index is 408. The first kappa shape index (κ1) is 11.1. The highest BCUT2D eigenvalue weighted by Crippen LogP contribution is 2.38. The van der Waals surface area contributed by atoms with Gasteiger partial charge >= 0.3 is 0 Å². The lowest BCUT2D eigenvalue weighted by atomic mass is 9.88. The molecule has 3 heteroatoms. The van der Waals surface area contributed by atoms with Crippen LogP contribution in [0.25, 0.3) is 0 Å². The predicted molar refractivity (Wildman–Crippen MR) is 62.1 cm³/mol. The first-order valence-corrected chi connectivity index (χ1v) is 5.60. The molecule has 2 rings (SSSR count). The summed E-state index contributed by atoms with van der Waals surface area (Å²) in [6, 6.07) is 6.78. The fourth-order valence-electron chi connectivity index (χ4n) is 1.95. The van der Waals surface area contributed by atoms with E-state index in [1.54, 1.807) is 18.2 Å². The zero-order valence-corrected chi connectivity index (χ0v) is 9.44. The second kappa shape index (κ2) is 3.91. The van der Waals surface area contributed by atoms with Crippen LogP contribution in [0.4, 0.5) is 0 Å². The Balaban J connectivity index is 2.07. The summed E-state index contributed by atoms with van der Waals surface area (Å²) in [6.45, 7) is 1.82. The third kappa shape index (κ3) is 2.25. The lowest BCUT2D eigenvalue weighted by Crippen LogP contribution is -2.47. The number of rotatable bonds is 4. The highest BCUT2D eigenvalue weighted by Gasteiger charge is 2.43. The number of phenols is 1. The normalized spacial score (nSPS) is 19.1. The second-order valence-corrected chi connectivity index (χ2v) is 4.83. The van der Waals surface area contributed by atoms with Gasteiger partial charge in [0, 0.05) is 6.42 Å². The fraction of sp³-hybridized carbons (Fsp3) is 0.462. The van der Waals surface area contributed by atoms with Gasteiger partial charge in [-0.1, -0.05) is 12.1 Å². The van der Waals surface area contributed by atoms with Crippen LogP contribution in [-0.2, 0) is 11.2 Å². The summed E-state index contributed by atoms with van der Waals surface area (Å²) in [5.74, 6) is 0.591. The van der Waals surface area contributed by atoms with E-state index in [1.807, 2.05) is 13.0 Å². The van der Waals surface area contributed by atoms with Crippen molar-refractivity contribution in [3.63, 3.8) is 0 Å². The van der Waals surface area contributed by atoms with Crippen molar-refractivity contribution in [3.8, 4) is 5.75 Å². The maximum atomic E-state index is 12.0. The van der Waals surface area contributed by atoms with E-state index in [4.69, 9.17) is 5.73 Å². The van der Waals surface area contributed by atoms with E-state index in [1.165, 1.54) is 0 Å². The molecule has 16 heavy (non-hydrogen) atoms. The summed E-state index contributed by atoms with van der Waals surface area (Å²) in [6.07, 6.45) is 2.41. The number of carbonyl (C=O) groups excluding carboxylic acids is 1. The first-order valence-electron chi connectivity index (χ1n) is 5.60. The van der Waals surface area contributed by atoms with Crippen molar-refractivity contribution in [1.82, 2.24) is 0 Å². The van der Waals surface area contributed by atoms with Crippen molar-refractivity contribution >= 4 is 5.78 Å². The number of benzene rings is 1. The quantitative estimate of drug-likeness (QED) is 0.809. The topological polar surface area (TPSA) is 63.3 Å². The van der Waals surface area contributed by atoms with Crippen LogP contribution in [0.5, 0.6) is 5.75 Å². The van der Waals surface area contributed by atoms with Gasteiger partial charge in [-0.25, -0.2) is 0 Å². The molecule has 1 aliphatic rings. The van der Waals surface area contributed by atoms with Gasteiger partial charge in [0.1, 0.15) is 5.75 Å². The highest BCUT2D eigenvalue weighted by molar-refractivity contribution is 5.90. The lowest BCUT2D eigenvalue weighted by Gasteiger charge is -2.22. The molecule has 3 N–H and O–H groups in total. The van der Waals surface area contributed by atoms with Crippen molar-refractivity contribution in [2.75, 3.05) is 0 Å². The van der Waals surface area contributed by atoms with Gasteiger partial charge in [-0.05, 0) is 43.4 Å². The number of phenolic OH excluding ortho intramolecular Hbond substituents is 1. The van der Waals surface area contributed by atoms with E-state index in [-0.39, 0.29) is 11.5 Å². The van der Waals surface area contributed by atoms with Gasteiger partial charge in [0.15, 0.2) is 5.78 Å². The van der Waals surface area contributed by atoms with Crippen LogP contribution in [-0.4, -0.2) is 16.4 Å². The zero-order chi connectivity index (χ0) is 11.8. The van der Waals surface area contributed by atoms with Gasteiger partial charge in [-0.3, -0.25) is 4.79 Å². The molecule has 1 aromatic carbocycles. The molecule has 0 bridgehead atoms. The highest BCUT2D eigenvalue weighted by atomic mass is 16.3. The molecular formula is C13H17NO2. The molecule has 3 nitrogen and oxygen atoms in total. The Morgan fingerprint density at radius 2 is 2.25 bits per heavy atom. The molecule has 0 radical (unpaired) electrons. The van der Waals surface area contributed by atoms with Crippen molar-refractivity contribution in [1.29, 1.82) is 0 Å². The SMILES string of the molecule is CC(N)(C(=O)Cc1cccc(O)c1)C1CC1. The molecule has 1 aliphatic carbocycles. The number of carbonyl (C=O) groups is 1. The summed E-state index contributed by atoms with van der Waals surface area (Å²) in [5, 5.41) is 9.31. The van der Waals surface area contributed by atoms with E-state index in [2.05, 4.69) is 0 Å². The molecule has 1 fully saturated rings. The number of hydrogen-bond donors (Lipinski definition) is 2. The molecular weight excluding hydrogens is 202 g/mol.